The van der Waals surface area contributed by atoms with E-state index < -0.39 is 5.60 Å². The number of rotatable bonds is 6. The predicted molar refractivity (Wildman–Crippen MR) is 123 cm³/mol. The lowest BCUT2D eigenvalue weighted by Gasteiger charge is -2.26. The van der Waals surface area contributed by atoms with Crippen molar-refractivity contribution in [1.29, 1.82) is 0 Å². The molecule has 1 aliphatic rings. The van der Waals surface area contributed by atoms with Crippen molar-refractivity contribution < 1.29 is 18.8 Å². The summed E-state index contributed by atoms with van der Waals surface area (Å²) in [6, 6.07) is 11.9. The number of carbonyl (C=O) groups excluding carboxylic acids is 1. The van der Waals surface area contributed by atoms with Crippen LogP contribution < -0.4 is 4.74 Å². The number of amides is 1. The molecule has 1 atom stereocenters. The highest BCUT2D eigenvalue weighted by Gasteiger charge is 2.36. The second kappa shape index (κ2) is 9.18. The number of likely N-dealkylation sites (tertiary alicyclic amines) is 1. The van der Waals surface area contributed by atoms with Crippen molar-refractivity contribution >= 4 is 16.9 Å². The van der Waals surface area contributed by atoms with E-state index in [9.17, 15) is 4.79 Å². The summed E-state index contributed by atoms with van der Waals surface area (Å²) in [4.78, 5) is 18.9. The summed E-state index contributed by atoms with van der Waals surface area (Å²) in [6.45, 7) is 9.09. The summed E-state index contributed by atoms with van der Waals surface area (Å²) in [6.07, 6.45) is 3.46. The van der Waals surface area contributed by atoms with Gasteiger partial charge in [0.15, 0.2) is 0 Å². The Bertz CT molecular complexity index is 1090. The fraction of sp³-hybridized carbons (Fsp3) is 0.480. The number of ether oxygens (including phenoxy) is 2. The first kappa shape index (κ1) is 22.1. The molecule has 0 N–H and O–H groups in total. The first-order chi connectivity index (χ1) is 15.3. The molecule has 1 saturated heterocycles. The molecule has 7 nitrogen and oxygen atoms in total. The van der Waals surface area contributed by atoms with E-state index in [2.05, 4.69) is 17.1 Å². The van der Waals surface area contributed by atoms with Gasteiger partial charge in [-0.25, -0.2) is 4.79 Å². The number of unbranched alkanes of at least 4 members (excludes halogenated alkanes) is 1. The van der Waals surface area contributed by atoms with Crippen LogP contribution in [0.1, 0.15) is 65.3 Å². The van der Waals surface area contributed by atoms with Gasteiger partial charge in [0.2, 0.25) is 11.7 Å². The Labute approximate surface area is 188 Å². The number of aromatic nitrogens is 2. The van der Waals surface area contributed by atoms with E-state index in [1.807, 2.05) is 57.2 Å². The predicted octanol–water partition coefficient (Wildman–Crippen LogP) is 6.14. The molecule has 0 radical (unpaired) electrons. The van der Waals surface area contributed by atoms with E-state index >= 15 is 0 Å². The molecule has 1 aromatic heterocycles. The molecule has 0 saturated carbocycles. The lowest BCUT2D eigenvalue weighted by atomic mass is 10.1. The fourth-order valence-electron chi connectivity index (χ4n) is 3.84. The summed E-state index contributed by atoms with van der Waals surface area (Å²) >= 11 is 0. The summed E-state index contributed by atoms with van der Waals surface area (Å²) in [7, 11) is 0. The zero-order chi connectivity index (χ0) is 22.7. The number of hydrogen-bond acceptors (Lipinski definition) is 6. The van der Waals surface area contributed by atoms with Crippen LogP contribution in [0, 0.1) is 0 Å². The van der Waals surface area contributed by atoms with Crippen LogP contribution in [0.2, 0.25) is 0 Å². The highest BCUT2D eigenvalue weighted by atomic mass is 16.6. The minimum atomic E-state index is -0.545. The lowest BCUT2D eigenvalue weighted by molar-refractivity contribution is 0.0199. The summed E-state index contributed by atoms with van der Waals surface area (Å²) in [5, 5.41) is 6.36. The van der Waals surface area contributed by atoms with E-state index in [0.29, 0.717) is 18.3 Å². The lowest BCUT2D eigenvalue weighted by Crippen LogP contribution is -2.36. The molecule has 170 valence electrons. The van der Waals surface area contributed by atoms with Gasteiger partial charge in [0.05, 0.1) is 6.61 Å². The van der Waals surface area contributed by atoms with Crippen molar-refractivity contribution in [3.05, 3.63) is 42.3 Å². The van der Waals surface area contributed by atoms with E-state index in [-0.39, 0.29) is 12.1 Å². The number of fused-ring (bicyclic) bond motifs is 1. The van der Waals surface area contributed by atoms with Crippen LogP contribution in [-0.2, 0) is 4.74 Å². The minimum absolute atomic E-state index is 0.255. The van der Waals surface area contributed by atoms with Gasteiger partial charge in [0.25, 0.3) is 0 Å². The first-order valence-electron chi connectivity index (χ1n) is 11.3. The van der Waals surface area contributed by atoms with Gasteiger partial charge < -0.3 is 14.0 Å². The van der Waals surface area contributed by atoms with E-state index in [0.717, 1.165) is 54.4 Å². The Kier molecular flexibility index (Phi) is 6.35. The van der Waals surface area contributed by atoms with Gasteiger partial charge in [-0.1, -0.05) is 36.7 Å². The highest BCUT2D eigenvalue weighted by Crippen LogP contribution is 2.34. The van der Waals surface area contributed by atoms with Gasteiger partial charge in [-0.05, 0) is 69.0 Å². The van der Waals surface area contributed by atoms with Crippen LogP contribution >= 0.6 is 0 Å². The Morgan fingerprint density at radius 1 is 1.19 bits per heavy atom. The molecular weight excluding hydrogens is 406 g/mol. The largest absolute Gasteiger partial charge is 0.494 e. The Morgan fingerprint density at radius 2 is 1.97 bits per heavy atom. The third-order valence-corrected chi connectivity index (χ3v) is 5.44. The Hall–Kier alpha value is -3.09. The van der Waals surface area contributed by atoms with Gasteiger partial charge >= 0.3 is 6.09 Å². The van der Waals surface area contributed by atoms with Crippen molar-refractivity contribution in [3.63, 3.8) is 0 Å². The number of nitrogens with zero attached hydrogens (tertiary/aromatic N) is 3. The Balaban J connectivity index is 1.51. The maximum Gasteiger partial charge on any atom is 0.410 e. The van der Waals surface area contributed by atoms with Gasteiger partial charge in [-0.3, -0.25) is 4.90 Å². The molecule has 0 unspecified atom stereocenters. The van der Waals surface area contributed by atoms with Crippen LogP contribution in [0.5, 0.6) is 5.75 Å². The van der Waals surface area contributed by atoms with E-state index in [1.165, 1.54) is 0 Å². The molecule has 1 aliphatic heterocycles. The van der Waals surface area contributed by atoms with Crippen molar-refractivity contribution in [3.8, 4) is 17.1 Å². The molecular formula is C25H31N3O4. The molecule has 0 aliphatic carbocycles. The van der Waals surface area contributed by atoms with Crippen molar-refractivity contribution in [1.82, 2.24) is 15.0 Å². The minimum Gasteiger partial charge on any atom is -0.494 e. The first-order valence-corrected chi connectivity index (χ1v) is 11.3. The zero-order valence-corrected chi connectivity index (χ0v) is 19.3. The maximum absolute atomic E-state index is 12.6. The molecule has 3 aromatic rings. The van der Waals surface area contributed by atoms with Gasteiger partial charge in [0.1, 0.15) is 17.4 Å². The smallest absolute Gasteiger partial charge is 0.410 e. The van der Waals surface area contributed by atoms with Crippen molar-refractivity contribution in [2.75, 3.05) is 13.2 Å². The Morgan fingerprint density at radius 3 is 2.75 bits per heavy atom. The monoisotopic (exact) mass is 437 g/mol. The van der Waals surface area contributed by atoms with Crippen LogP contribution in [0.4, 0.5) is 4.79 Å². The van der Waals surface area contributed by atoms with Crippen LogP contribution in [0.3, 0.4) is 0 Å². The highest BCUT2D eigenvalue weighted by molar-refractivity contribution is 5.87. The van der Waals surface area contributed by atoms with Crippen LogP contribution in [0.25, 0.3) is 22.2 Å². The third kappa shape index (κ3) is 5.03. The SMILES string of the molecule is CCCCOc1ccc2cc(-c3noc([C@@H]4CCCN4C(=O)OC(C)(C)C)n3)ccc2c1. The average molecular weight is 438 g/mol. The summed E-state index contributed by atoms with van der Waals surface area (Å²) in [5.74, 6) is 1.84. The standard InChI is InChI=1S/C25H31N3O4/c1-5-6-14-30-20-12-11-17-15-19(10-9-18(17)16-20)22-26-23(32-27-22)21-8-7-13-28(21)24(29)31-25(2,3)4/h9-12,15-16,21H,5-8,13-14H2,1-4H3/t21-/m0/s1. The normalized spacial score (nSPS) is 16.5. The molecule has 4 rings (SSSR count). The zero-order valence-electron chi connectivity index (χ0n) is 19.3. The second-order valence-electron chi connectivity index (χ2n) is 9.21. The molecule has 1 fully saturated rings. The average Bonchev–Trinajstić information content (AvgIpc) is 3.42. The molecule has 0 spiro atoms. The van der Waals surface area contributed by atoms with Crippen LogP contribution in [-0.4, -0.2) is 39.9 Å². The molecule has 7 heteroatoms. The second-order valence-corrected chi connectivity index (χ2v) is 9.21. The summed E-state index contributed by atoms with van der Waals surface area (Å²) < 4.78 is 16.9. The van der Waals surface area contributed by atoms with Gasteiger partial charge in [0, 0.05) is 12.1 Å². The fourth-order valence-corrected chi connectivity index (χ4v) is 3.84. The van der Waals surface area contributed by atoms with Gasteiger partial charge in [-0.15, -0.1) is 0 Å². The van der Waals surface area contributed by atoms with Gasteiger partial charge in [-0.2, -0.15) is 4.98 Å². The molecule has 2 heterocycles. The number of benzene rings is 2. The molecule has 1 amide bonds. The molecule has 32 heavy (non-hydrogen) atoms. The maximum atomic E-state index is 12.6. The van der Waals surface area contributed by atoms with Crippen molar-refractivity contribution in [2.45, 2.75) is 65.0 Å². The van der Waals surface area contributed by atoms with E-state index in [1.54, 1.807) is 4.90 Å². The third-order valence-electron chi connectivity index (χ3n) is 5.44. The topological polar surface area (TPSA) is 77.7 Å². The van der Waals surface area contributed by atoms with E-state index in [4.69, 9.17) is 14.0 Å². The number of hydrogen-bond donors (Lipinski definition) is 0. The molecule has 2 aromatic carbocycles. The number of carbonyl (C=O) groups is 1. The van der Waals surface area contributed by atoms with Crippen molar-refractivity contribution in [2.24, 2.45) is 0 Å². The quantitative estimate of drug-likeness (QED) is 0.431. The molecule has 0 bridgehead atoms. The summed E-state index contributed by atoms with van der Waals surface area (Å²) in [5.41, 5.74) is 0.324. The van der Waals surface area contributed by atoms with Crippen LogP contribution in [0.15, 0.2) is 40.9 Å².